The van der Waals surface area contributed by atoms with Gasteiger partial charge in [-0.15, -0.1) is 0 Å². The van der Waals surface area contributed by atoms with E-state index in [1.165, 1.54) is 0 Å². The fourth-order valence-corrected chi connectivity index (χ4v) is 3.35. The van der Waals surface area contributed by atoms with E-state index < -0.39 is 0 Å². The molecule has 0 aromatic heterocycles. The number of methoxy groups -OCH3 is 1. The van der Waals surface area contributed by atoms with E-state index in [-0.39, 0.29) is 0 Å². The topological polar surface area (TPSA) is 62.9 Å². The Labute approximate surface area is 169 Å². The molecular weight excluding hydrogens is 383 g/mol. The van der Waals surface area contributed by atoms with Gasteiger partial charge >= 0.3 is 0 Å². The average Bonchev–Trinajstić information content (AvgIpc) is 2.68. The van der Waals surface area contributed by atoms with Crippen LogP contribution in [0.3, 0.4) is 0 Å². The molecule has 1 saturated heterocycles. The van der Waals surface area contributed by atoms with Crippen LogP contribution in [-0.4, -0.2) is 39.1 Å². The molecule has 142 valence electrons. The van der Waals surface area contributed by atoms with Gasteiger partial charge in [0.1, 0.15) is 11.6 Å². The molecule has 0 saturated carbocycles. The van der Waals surface area contributed by atoms with E-state index in [2.05, 4.69) is 21.3 Å². The first kappa shape index (κ1) is 19.5. The SMILES string of the molecule is COc1ccc(N=C(N)C=Cc2ccc(N3CCNCC3)cc2Cl)cc1Cl. The maximum atomic E-state index is 6.44. The van der Waals surface area contributed by atoms with Crippen LogP contribution in [0.25, 0.3) is 6.08 Å². The Morgan fingerprint density at radius 2 is 1.93 bits per heavy atom. The Morgan fingerprint density at radius 3 is 2.59 bits per heavy atom. The number of hydrogen-bond acceptors (Lipinski definition) is 4. The van der Waals surface area contributed by atoms with Crippen LogP contribution in [0.2, 0.25) is 10.0 Å². The zero-order chi connectivity index (χ0) is 19.2. The highest BCUT2D eigenvalue weighted by Gasteiger charge is 2.11. The number of amidine groups is 1. The minimum absolute atomic E-state index is 0.360. The highest BCUT2D eigenvalue weighted by atomic mass is 35.5. The Balaban J connectivity index is 1.72. The summed E-state index contributed by atoms with van der Waals surface area (Å²) in [7, 11) is 1.57. The van der Waals surface area contributed by atoms with Gasteiger partial charge in [-0.25, -0.2) is 4.99 Å². The number of rotatable bonds is 5. The van der Waals surface area contributed by atoms with Crippen molar-refractivity contribution in [3.8, 4) is 5.75 Å². The van der Waals surface area contributed by atoms with E-state index >= 15 is 0 Å². The van der Waals surface area contributed by atoms with Gasteiger partial charge in [0.15, 0.2) is 0 Å². The molecule has 1 aliphatic heterocycles. The number of halogens is 2. The van der Waals surface area contributed by atoms with Crippen LogP contribution in [0.4, 0.5) is 11.4 Å². The number of nitrogens with zero attached hydrogens (tertiary/aromatic N) is 2. The number of nitrogens with one attached hydrogen (secondary N) is 1. The van der Waals surface area contributed by atoms with Crippen molar-refractivity contribution >= 4 is 46.5 Å². The lowest BCUT2D eigenvalue weighted by Gasteiger charge is -2.29. The maximum Gasteiger partial charge on any atom is 0.137 e. The molecule has 0 spiro atoms. The second-order valence-corrected chi connectivity index (χ2v) is 6.95. The van der Waals surface area contributed by atoms with E-state index in [9.17, 15) is 0 Å². The zero-order valence-electron chi connectivity index (χ0n) is 15.1. The summed E-state index contributed by atoms with van der Waals surface area (Å²) < 4.78 is 5.13. The first-order chi connectivity index (χ1) is 13.1. The second kappa shape index (κ2) is 9.13. The third-order valence-electron chi connectivity index (χ3n) is 4.29. The van der Waals surface area contributed by atoms with Gasteiger partial charge < -0.3 is 20.7 Å². The minimum atomic E-state index is 0.360. The lowest BCUT2D eigenvalue weighted by molar-refractivity contribution is 0.415. The van der Waals surface area contributed by atoms with Crippen molar-refractivity contribution < 1.29 is 4.74 Å². The molecule has 1 fully saturated rings. The molecular formula is C20H22Cl2N4O. The molecule has 0 atom stereocenters. The summed E-state index contributed by atoms with van der Waals surface area (Å²) in [4.78, 5) is 6.66. The summed E-state index contributed by atoms with van der Waals surface area (Å²) in [5.41, 5.74) is 8.68. The van der Waals surface area contributed by atoms with Crippen molar-refractivity contribution in [2.45, 2.75) is 0 Å². The molecule has 2 aromatic rings. The number of ether oxygens (including phenoxy) is 1. The van der Waals surface area contributed by atoms with E-state index in [0.717, 1.165) is 37.4 Å². The average molecular weight is 405 g/mol. The highest BCUT2D eigenvalue weighted by molar-refractivity contribution is 6.32. The zero-order valence-corrected chi connectivity index (χ0v) is 16.6. The van der Waals surface area contributed by atoms with Gasteiger partial charge in [-0.05, 0) is 48.0 Å². The lowest BCUT2D eigenvalue weighted by Crippen LogP contribution is -2.43. The Bertz CT molecular complexity index is 861. The summed E-state index contributed by atoms with van der Waals surface area (Å²) in [5.74, 6) is 0.958. The van der Waals surface area contributed by atoms with Gasteiger partial charge in [0.25, 0.3) is 0 Å². The Hall–Kier alpha value is -2.21. The molecule has 5 nitrogen and oxygen atoms in total. The minimum Gasteiger partial charge on any atom is -0.495 e. The molecule has 0 unspecified atom stereocenters. The standard InChI is InChI=1S/C20H22Cl2N4O/c1-27-19-6-4-15(12-18(19)22)25-20(23)7-3-14-2-5-16(13-17(14)21)26-10-8-24-9-11-26/h2-7,12-13,24H,8-11H2,1H3,(H2,23,25). The predicted octanol–water partition coefficient (Wildman–Crippen LogP) is 4.11. The quantitative estimate of drug-likeness (QED) is 0.581. The Kier molecular flexibility index (Phi) is 6.61. The molecule has 27 heavy (non-hydrogen) atoms. The van der Waals surface area contributed by atoms with Crippen molar-refractivity contribution in [1.29, 1.82) is 0 Å². The molecule has 0 radical (unpaired) electrons. The first-order valence-corrected chi connectivity index (χ1v) is 9.43. The largest absolute Gasteiger partial charge is 0.495 e. The lowest BCUT2D eigenvalue weighted by atomic mass is 10.1. The fourth-order valence-electron chi connectivity index (χ4n) is 2.86. The summed E-state index contributed by atoms with van der Waals surface area (Å²) in [6, 6.07) is 11.3. The third kappa shape index (κ3) is 5.16. The van der Waals surface area contributed by atoms with E-state index in [4.69, 9.17) is 33.7 Å². The molecule has 3 N–H and O–H groups in total. The van der Waals surface area contributed by atoms with Gasteiger partial charge in [-0.2, -0.15) is 0 Å². The molecule has 2 aromatic carbocycles. The molecule has 7 heteroatoms. The number of benzene rings is 2. The smallest absolute Gasteiger partial charge is 0.137 e. The molecule has 3 rings (SSSR count). The van der Waals surface area contributed by atoms with Crippen molar-refractivity contribution in [3.63, 3.8) is 0 Å². The van der Waals surface area contributed by atoms with Gasteiger partial charge in [0.05, 0.1) is 17.8 Å². The third-order valence-corrected chi connectivity index (χ3v) is 4.92. The van der Waals surface area contributed by atoms with E-state index in [1.807, 2.05) is 18.2 Å². The summed E-state index contributed by atoms with van der Waals surface area (Å²) in [5, 5.41) is 4.52. The number of nitrogens with two attached hydrogens (primary N) is 1. The predicted molar refractivity (Wildman–Crippen MR) is 115 cm³/mol. The van der Waals surface area contributed by atoms with Gasteiger partial charge in [0, 0.05) is 36.9 Å². The van der Waals surface area contributed by atoms with Crippen LogP contribution in [0.5, 0.6) is 5.75 Å². The fraction of sp³-hybridized carbons (Fsp3) is 0.250. The number of aliphatic imine (C=N–C) groups is 1. The molecule has 1 aliphatic rings. The van der Waals surface area contributed by atoms with E-state index in [1.54, 1.807) is 31.4 Å². The summed E-state index contributed by atoms with van der Waals surface area (Å²) >= 11 is 12.5. The maximum absolute atomic E-state index is 6.44. The van der Waals surface area contributed by atoms with Crippen molar-refractivity contribution in [2.24, 2.45) is 10.7 Å². The second-order valence-electron chi connectivity index (χ2n) is 6.13. The summed E-state index contributed by atoms with van der Waals surface area (Å²) in [6.45, 7) is 3.94. The van der Waals surface area contributed by atoms with Crippen molar-refractivity contribution in [3.05, 3.63) is 58.1 Å². The number of piperazine rings is 1. The van der Waals surface area contributed by atoms with E-state index in [0.29, 0.717) is 27.3 Å². The van der Waals surface area contributed by atoms with Crippen molar-refractivity contribution in [1.82, 2.24) is 5.32 Å². The normalized spacial score (nSPS) is 15.4. The van der Waals surface area contributed by atoms with Crippen LogP contribution < -0.4 is 20.7 Å². The Morgan fingerprint density at radius 1 is 1.15 bits per heavy atom. The molecule has 0 amide bonds. The number of anilines is 1. The molecule has 0 aliphatic carbocycles. The van der Waals surface area contributed by atoms with Crippen LogP contribution in [-0.2, 0) is 0 Å². The molecule has 1 heterocycles. The highest BCUT2D eigenvalue weighted by Crippen LogP contribution is 2.29. The van der Waals surface area contributed by atoms with Gasteiger partial charge in [-0.3, -0.25) is 0 Å². The monoisotopic (exact) mass is 404 g/mol. The van der Waals surface area contributed by atoms with Crippen LogP contribution in [0, 0.1) is 0 Å². The van der Waals surface area contributed by atoms with Crippen LogP contribution in [0.1, 0.15) is 5.56 Å². The molecule has 0 bridgehead atoms. The van der Waals surface area contributed by atoms with Crippen molar-refractivity contribution in [2.75, 3.05) is 38.2 Å². The van der Waals surface area contributed by atoms with Gasteiger partial charge in [-0.1, -0.05) is 29.3 Å². The number of hydrogen-bond donors (Lipinski definition) is 2. The van der Waals surface area contributed by atoms with Crippen LogP contribution >= 0.6 is 23.2 Å². The van der Waals surface area contributed by atoms with Gasteiger partial charge in [0.2, 0.25) is 0 Å². The van der Waals surface area contributed by atoms with Crippen LogP contribution in [0.15, 0.2) is 47.5 Å². The summed E-state index contributed by atoms with van der Waals surface area (Å²) in [6.07, 6.45) is 3.58. The first-order valence-electron chi connectivity index (χ1n) is 8.68.